The van der Waals surface area contributed by atoms with E-state index in [1.807, 2.05) is 12.1 Å². The fraction of sp³-hybridized carbons (Fsp3) is 0.316. The fourth-order valence-corrected chi connectivity index (χ4v) is 2.88. The molecular weight excluding hydrogens is 305 g/mol. The van der Waals surface area contributed by atoms with Crippen molar-refractivity contribution < 1.29 is 9.18 Å². The van der Waals surface area contributed by atoms with Gasteiger partial charge in [0.25, 0.3) is 0 Å². The Hall–Kier alpha value is -2.56. The van der Waals surface area contributed by atoms with Gasteiger partial charge >= 0.3 is 0 Å². The molecule has 0 spiro atoms. The molecule has 1 fully saturated rings. The summed E-state index contributed by atoms with van der Waals surface area (Å²) < 4.78 is 13.1. The highest BCUT2D eigenvalue weighted by Gasteiger charge is 2.11. The lowest BCUT2D eigenvalue weighted by molar-refractivity contribution is -0.115. The van der Waals surface area contributed by atoms with E-state index in [9.17, 15) is 9.18 Å². The van der Waals surface area contributed by atoms with Crippen LogP contribution in [-0.2, 0) is 4.79 Å². The number of rotatable bonds is 6. The van der Waals surface area contributed by atoms with Gasteiger partial charge in [0, 0.05) is 43.1 Å². The van der Waals surface area contributed by atoms with E-state index in [2.05, 4.69) is 27.7 Å². The average Bonchev–Trinajstić information content (AvgIpc) is 3.10. The van der Waals surface area contributed by atoms with Gasteiger partial charge < -0.3 is 15.5 Å². The van der Waals surface area contributed by atoms with Crippen molar-refractivity contribution >= 4 is 23.0 Å². The highest BCUT2D eigenvalue weighted by molar-refractivity contribution is 5.90. The van der Waals surface area contributed by atoms with Crippen LogP contribution in [-0.4, -0.2) is 25.5 Å². The van der Waals surface area contributed by atoms with Gasteiger partial charge in [0.2, 0.25) is 5.91 Å². The molecule has 0 saturated carbocycles. The van der Waals surface area contributed by atoms with Crippen molar-refractivity contribution in [1.29, 1.82) is 0 Å². The number of nitrogens with zero attached hydrogens (tertiary/aromatic N) is 1. The fourth-order valence-electron chi connectivity index (χ4n) is 2.88. The summed E-state index contributed by atoms with van der Waals surface area (Å²) >= 11 is 0. The molecule has 0 bridgehead atoms. The number of halogens is 1. The van der Waals surface area contributed by atoms with Gasteiger partial charge in [-0.15, -0.1) is 0 Å². The quantitative estimate of drug-likeness (QED) is 0.846. The molecular formula is C19H22FN3O. The minimum atomic E-state index is -0.357. The Balaban J connectivity index is 1.43. The predicted molar refractivity (Wildman–Crippen MR) is 96.0 cm³/mol. The second kappa shape index (κ2) is 7.81. The maximum Gasteiger partial charge on any atom is 0.226 e. The van der Waals surface area contributed by atoms with Crippen LogP contribution in [0.2, 0.25) is 0 Å². The summed E-state index contributed by atoms with van der Waals surface area (Å²) in [7, 11) is 0. The van der Waals surface area contributed by atoms with Crippen LogP contribution >= 0.6 is 0 Å². The van der Waals surface area contributed by atoms with Crippen molar-refractivity contribution in [2.24, 2.45) is 0 Å². The summed E-state index contributed by atoms with van der Waals surface area (Å²) in [6.07, 6.45) is 2.85. The van der Waals surface area contributed by atoms with Gasteiger partial charge in [-0.3, -0.25) is 4.79 Å². The Labute approximate surface area is 141 Å². The Kier molecular flexibility index (Phi) is 5.31. The molecule has 1 amide bonds. The molecule has 0 aliphatic carbocycles. The molecule has 0 unspecified atom stereocenters. The third-order valence-corrected chi connectivity index (χ3v) is 4.13. The minimum Gasteiger partial charge on any atom is -0.385 e. The van der Waals surface area contributed by atoms with Crippen molar-refractivity contribution in [3.8, 4) is 0 Å². The van der Waals surface area contributed by atoms with E-state index in [4.69, 9.17) is 0 Å². The van der Waals surface area contributed by atoms with E-state index in [1.54, 1.807) is 12.1 Å². The Morgan fingerprint density at radius 2 is 1.79 bits per heavy atom. The highest BCUT2D eigenvalue weighted by atomic mass is 19.1. The van der Waals surface area contributed by atoms with Gasteiger partial charge in [-0.25, -0.2) is 4.39 Å². The van der Waals surface area contributed by atoms with Crippen molar-refractivity contribution in [2.45, 2.75) is 19.3 Å². The first-order valence-electron chi connectivity index (χ1n) is 8.35. The standard InChI is InChI=1S/C19H22FN3O/c20-15-4-3-5-17(14-15)22-19(24)10-11-21-16-6-8-18(9-7-16)23-12-1-2-13-23/h3-9,14,21H,1-2,10-13H2,(H,22,24). The average molecular weight is 327 g/mol. The molecule has 126 valence electrons. The highest BCUT2D eigenvalue weighted by Crippen LogP contribution is 2.22. The van der Waals surface area contributed by atoms with Crippen molar-refractivity contribution in [1.82, 2.24) is 0 Å². The number of benzene rings is 2. The lowest BCUT2D eigenvalue weighted by Crippen LogP contribution is -2.17. The predicted octanol–water partition coefficient (Wildman–Crippen LogP) is 3.87. The smallest absolute Gasteiger partial charge is 0.226 e. The Bertz CT molecular complexity index is 681. The second-order valence-corrected chi connectivity index (χ2v) is 5.98. The van der Waals surface area contributed by atoms with Crippen LogP contribution < -0.4 is 15.5 Å². The molecule has 1 saturated heterocycles. The molecule has 5 heteroatoms. The normalized spacial score (nSPS) is 13.8. The first-order chi connectivity index (χ1) is 11.7. The van der Waals surface area contributed by atoms with Crippen LogP contribution in [0.25, 0.3) is 0 Å². The summed E-state index contributed by atoms with van der Waals surface area (Å²) in [6.45, 7) is 2.80. The summed E-state index contributed by atoms with van der Waals surface area (Å²) in [5, 5.41) is 5.93. The molecule has 2 aromatic carbocycles. The molecule has 3 rings (SSSR count). The third kappa shape index (κ3) is 4.47. The number of carbonyl (C=O) groups excluding carboxylic acids is 1. The van der Waals surface area contributed by atoms with Crippen molar-refractivity contribution in [3.63, 3.8) is 0 Å². The largest absolute Gasteiger partial charge is 0.385 e. The van der Waals surface area contributed by atoms with E-state index < -0.39 is 0 Å². The molecule has 2 aromatic rings. The lowest BCUT2D eigenvalue weighted by Gasteiger charge is -2.18. The van der Waals surface area contributed by atoms with Crippen molar-refractivity contribution in [3.05, 3.63) is 54.3 Å². The molecule has 1 heterocycles. The topological polar surface area (TPSA) is 44.4 Å². The first kappa shape index (κ1) is 16.3. The Morgan fingerprint density at radius 1 is 1.04 bits per heavy atom. The van der Waals surface area contributed by atoms with Crippen LogP contribution in [0.3, 0.4) is 0 Å². The zero-order valence-corrected chi connectivity index (χ0v) is 13.6. The molecule has 0 radical (unpaired) electrons. The number of hydrogen-bond acceptors (Lipinski definition) is 3. The molecule has 0 atom stereocenters. The number of anilines is 3. The van der Waals surface area contributed by atoms with Gasteiger partial charge in [-0.05, 0) is 55.3 Å². The van der Waals surface area contributed by atoms with Crippen LogP contribution in [0.5, 0.6) is 0 Å². The van der Waals surface area contributed by atoms with E-state index in [0.717, 1.165) is 18.8 Å². The van der Waals surface area contributed by atoms with Gasteiger partial charge in [-0.2, -0.15) is 0 Å². The maximum atomic E-state index is 13.1. The van der Waals surface area contributed by atoms with Crippen LogP contribution in [0, 0.1) is 5.82 Å². The minimum absolute atomic E-state index is 0.137. The van der Waals surface area contributed by atoms with Gasteiger partial charge in [0.15, 0.2) is 0 Å². The monoisotopic (exact) mass is 327 g/mol. The van der Waals surface area contributed by atoms with Crippen LogP contribution in [0.1, 0.15) is 19.3 Å². The zero-order chi connectivity index (χ0) is 16.8. The molecule has 1 aliphatic rings. The number of hydrogen-bond donors (Lipinski definition) is 2. The van der Waals surface area contributed by atoms with Gasteiger partial charge in [-0.1, -0.05) is 6.07 Å². The Morgan fingerprint density at radius 3 is 2.50 bits per heavy atom. The van der Waals surface area contributed by atoms with Crippen LogP contribution in [0.15, 0.2) is 48.5 Å². The molecule has 4 nitrogen and oxygen atoms in total. The molecule has 1 aliphatic heterocycles. The maximum absolute atomic E-state index is 13.1. The molecule has 24 heavy (non-hydrogen) atoms. The summed E-state index contributed by atoms with van der Waals surface area (Å²) in [5.41, 5.74) is 2.73. The summed E-state index contributed by atoms with van der Waals surface area (Å²) in [5.74, 6) is -0.495. The summed E-state index contributed by atoms with van der Waals surface area (Å²) in [6, 6.07) is 14.2. The van der Waals surface area contributed by atoms with E-state index in [1.165, 1.54) is 30.7 Å². The van der Waals surface area contributed by atoms with Crippen molar-refractivity contribution in [2.75, 3.05) is 35.2 Å². The summed E-state index contributed by atoms with van der Waals surface area (Å²) in [4.78, 5) is 14.2. The molecule has 2 N–H and O–H groups in total. The number of carbonyl (C=O) groups is 1. The number of amides is 1. The van der Waals surface area contributed by atoms with E-state index in [-0.39, 0.29) is 11.7 Å². The van der Waals surface area contributed by atoms with E-state index in [0.29, 0.717) is 18.7 Å². The van der Waals surface area contributed by atoms with Gasteiger partial charge in [0.1, 0.15) is 5.82 Å². The third-order valence-electron chi connectivity index (χ3n) is 4.13. The zero-order valence-electron chi connectivity index (χ0n) is 13.6. The number of nitrogens with one attached hydrogen (secondary N) is 2. The second-order valence-electron chi connectivity index (χ2n) is 5.98. The lowest BCUT2D eigenvalue weighted by atomic mass is 10.2. The van der Waals surface area contributed by atoms with E-state index >= 15 is 0 Å². The SMILES string of the molecule is O=C(CCNc1ccc(N2CCCC2)cc1)Nc1cccc(F)c1. The van der Waals surface area contributed by atoms with Gasteiger partial charge in [0.05, 0.1) is 0 Å². The van der Waals surface area contributed by atoms with Crippen LogP contribution in [0.4, 0.5) is 21.5 Å². The first-order valence-corrected chi connectivity index (χ1v) is 8.35. The molecule has 0 aromatic heterocycles.